The Morgan fingerprint density at radius 1 is 0.710 bits per heavy atom. The van der Waals surface area contributed by atoms with Crippen LogP contribution in [-0.4, -0.2) is 22.6 Å². The maximum Gasteiger partial charge on any atom is 0.189 e. The van der Waals surface area contributed by atoms with Crippen molar-refractivity contribution in [3.05, 3.63) is 59.7 Å². The first-order valence-electron chi connectivity index (χ1n) is 10.7. The minimum Gasteiger partial charge on any atom is -0.488 e. The summed E-state index contributed by atoms with van der Waals surface area (Å²) in [5.74, 6) is 1.85. The van der Waals surface area contributed by atoms with Gasteiger partial charge in [-0.3, -0.25) is 4.79 Å². The molecule has 0 radical (unpaired) electrons. The summed E-state index contributed by atoms with van der Waals surface area (Å²) in [4.78, 5) is 13.0. The second-order valence-electron chi connectivity index (χ2n) is 10.5. The number of hydrogen-bond acceptors (Lipinski definition) is 4. The Balaban J connectivity index is 2.39. The second-order valence-corrected chi connectivity index (χ2v) is 10.5. The molecule has 4 heteroatoms. The van der Waals surface area contributed by atoms with Crippen LogP contribution < -0.4 is 14.2 Å². The highest BCUT2D eigenvalue weighted by molar-refractivity contribution is 6.08. The Kier molecular flexibility index (Phi) is 7.25. The SMILES string of the molecule is CC(C)(C)Oc1ccc(OC(C)(C)C)c(/C=C/C(=O)c2ccccc2OC(C)(C)C)c1. The molecule has 0 unspecified atom stereocenters. The van der Waals surface area contributed by atoms with Gasteiger partial charge in [-0.15, -0.1) is 0 Å². The van der Waals surface area contributed by atoms with Gasteiger partial charge < -0.3 is 14.2 Å². The number of ether oxygens (including phenoxy) is 3. The third kappa shape index (κ3) is 8.49. The number of carbonyl (C=O) groups is 1. The number of allylic oxidation sites excluding steroid dienone is 1. The second kappa shape index (κ2) is 9.17. The lowest BCUT2D eigenvalue weighted by Gasteiger charge is -2.25. The Hall–Kier alpha value is -2.75. The van der Waals surface area contributed by atoms with Crippen molar-refractivity contribution in [1.82, 2.24) is 0 Å². The average Bonchev–Trinajstić information content (AvgIpc) is 2.58. The number of benzene rings is 2. The summed E-state index contributed by atoms with van der Waals surface area (Å²) in [5, 5.41) is 0. The Morgan fingerprint density at radius 3 is 1.84 bits per heavy atom. The van der Waals surface area contributed by atoms with Gasteiger partial charge in [0.05, 0.1) is 5.56 Å². The fraction of sp³-hybridized carbons (Fsp3) is 0.444. The van der Waals surface area contributed by atoms with E-state index >= 15 is 0 Å². The predicted molar refractivity (Wildman–Crippen MR) is 127 cm³/mol. The van der Waals surface area contributed by atoms with Crippen molar-refractivity contribution in [1.29, 1.82) is 0 Å². The van der Waals surface area contributed by atoms with Crippen LogP contribution >= 0.6 is 0 Å². The van der Waals surface area contributed by atoms with E-state index in [1.807, 2.05) is 98.7 Å². The number of rotatable bonds is 6. The lowest BCUT2D eigenvalue weighted by Crippen LogP contribution is -2.24. The van der Waals surface area contributed by atoms with Crippen LogP contribution in [-0.2, 0) is 0 Å². The molecule has 0 amide bonds. The van der Waals surface area contributed by atoms with Crippen molar-refractivity contribution >= 4 is 11.9 Å². The molecule has 0 bridgehead atoms. The highest BCUT2D eigenvalue weighted by atomic mass is 16.5. The number of hydrogen-bond donors (Lipinski definition) is 0. The molecule has 0 fully saturated rings. The normalized spacial score (nSPS) is 12.7. The molecule has 4 nitrogen and oxygen atoms in total. The minimum atomic E-state index is -0.396. The van der Waals surface area contributed by atoms with Crippen molar-refractivity contribution in [2.45, 2.75) is 79.1 Å². The summed E-state index contributed by atoms with van der Waals surface area (Å²) in [6.07, 6.45) is 3.32. The zero-order chi connectivity index (χ0) is 23.4. The lowest BCUT2D eigenvalue weighted by atomic mass is 10.1. The molecule has 2 aromatic carbocycles. The van der Waals surface area contributed by atoms with E-state index in [1.54, 1.807) is 18.2 Å². The predicted octanol–water partition coefficient (Wildman–Crippen LogP) is 7.11. The van der Waals surface area contributed by atoms with Gasteiger partial charge in [-0.25, -0.2) is 0 Å². The van der Waals surface area contributed by atoms with Gasteiger partial charge >= 0.3 is 0 Å². The summed E-state index contributed by atoms with van der Waals surface area (Å²) in [6.45, 7) is 17.8. The third-order valence-electron chi connectivity index (χ3n) is 3.80. The third-order valence-corrected chi connectivity index (χ3v) is 3.80. The van der Waals surface area contributed by atoms with Crippen LogP contribution in [0, 0.1) is 0 Å². The quantitative estimate of drug-likeness (QED) is 0.366. The summed E-state index contributed by atoms with van der Waals surface area (Å²) < 4.78 is 18.1. The highest BCUT2D eigenvalue weighted by Crippen LogP contribution is 2.31. The zero-order valence-corrected chi connectivity index (χ0v) is 20.3. The van der Waals surface area contributed by atoms with Crippen LogP contribution in [0.2, 0.25) is 0 Å². The molecule has 0 heterocycles. The van der Waals surface area contributed by atoms with E-state index in [1.165, 1.54) is 0 Å². The molecular formula is C27H36O4. The fourth-order valence-electron chi connectivity index (χ4n) is 2.84. The summed E-state index contributed by atoms with van der Waals surface area (Å²) in [5.41, 5.74) is 0.207. The first-order valence-corrected chi connectivity index (χ1v) is 10.7. The van der Waals surface area contributed by atoms with Crippen LogP contribution in [0.15, 0.2) is 48.5 Å². The van der Waals surface area contributed by atoms with Gasteiger partial charge in [-0.1, -0.05) is 12.1 Å². The van der Waals surface area contributed by atoms with Gasteiger partial charge in [0, 0.05) is 5.56 Å². The van der Waals surface area contributed by atoms with Crippen molar-refractivity contribution in [2.24, 2.45) is 0 Å². The van der Waals surface area contributed by atoms with E-state index in [-0.39, 0.29) is 17.0 Å². The standard InChI is InChI=1S/C27H36O4/c1-25(2,3)29-20-15-17-23(30-26(4,5)6)19(18-20)14-16-22(28)21-12-10-11-13-24(21)31-27(7,8)9/h10-18H,1-9H3/b16-14+. The summed E-state index contributed by atoms with van der Waals surface area (Å²) in [6, 6.07) is 13.0. The van der Waals surface area contributed by atoms with E-state index in [9.17, 15) is 4.79 Å². The van der Waals surface area contributed by atoms with E-state index in [0.717, 1.165) is 11.3 Å². The Bertz CT molecular complexity index is 935. The van der Waals surface area contributed by atoms with Gasteiger partial charge in [0.1, 0.15) is 34.1 Å². The van der Waals surface area contributed by atoms with Crippen LogP contribution in [0.3, 0.4) is 0 Å². The molecule has 0 aliphatic rings. The van der Waals surface area contributed by atoms with Gasteiger partial charge in [0.25, 0.3) is 0 Å². The van der Waals surface area contributed by atoms with Crippen LogP contribution in [0.5, 0.6) is 17.2 Å². The molecule has 0 saturated heterocycles. The number of ketones is 1. The Morgan fingerprint density at radius 2 is 1.26 bits per heavy atom. The first-order chi connectivity index (χ1) is 14.1. The maximum absolute atomic E-state index is 13.0. The average molecular weight is 425 g/mol. The molecule has 168 valence electrons. The van der Waals surface area contributed by atoms with Gasteiger partial charge in [0.15, 0.2) is 5.78 Å². The van der Waals surface area contributed by atoms with Gasteiger partial charge in [-0.05, 0) is 105 Å². The topological polar surface area (TPSA) is 44.8 Å². The number of carbonyl (C=O) groups excluding carboxylic acids is 1. The van der Waals surface area contributed by atoms with E-state index in [0.29, 0.717) is 17.1 Å². The van der Waals surface area contributed by atoms with Gasteiger partial charge in [-0.2, -0.15) is 0 Å². The molecule has 0 saturated carbocycles. The molecule has 0 aromatic heterocycles. The van der Waals surface area contributed by atoms with E-state index in [2.05, 4.69) is 0 Å². The van der Waals surface area contributed by atoms with Crippen LogP contribution in [0.25, 0.3) is 6.08 Å². The summed E-state index contributed by atoms with van der Waals surface area (Å²) in [7, 11) is 0. The largest absolute Gasteiger partial charge is 0.488 e. The highest BCUT2D eigenvalue weighted by Gasteiger charge is 2.19. The molecule has 2 rings (SSSR count). The van der Waals surface area contributed by atoms with E-state index < -0.39 is 5.60 Å². The van der Waals surface area contributed by atoms with E-state index in [4.69, 9.17) is 14.2 Å². The molecule has 2 aromatic rings. The molecule has 0 aliphatic heterocycles. The monoisotopic (exact) mass is 424 g/mol. The van der Waals surface area contributed by atoms with Crippen molar-refractivity contribution in [3.63, 3.8) is 0 Å². The van der Waals surface area contributed by atoms with Crippen LogP contribution in [0.4, 0.5) is 0 Å². The fourth-order valence-corrected chi connectivity index (χ4v) is 2.84. The molecule has 31 heavy (non-hydrogen) atoms. The van der Waals surface area contributed by atoms with Crippen molar-refractivity contribution in [3.8, 4) is 17.2 Å². The van der Waals surface area contributed by atoms with Crippen molar-refractivity contribution < 1.29 is 19.0 Å². The Labute approximate surface area is 187 Å². The molecule has 0 atom stereocenters. The maximum atomic E-state index is 13.0. The molecule has 0 N–H and O–H groups in total. The number of para-hydroxylation sites is 1. The van der Waals surface area contributed by atoms with Crippen molar-refractivity contribution in [2.75, 3.05) is 0 Å². The molecular weight excluding hydrogens is 388 g/mol. The first kappa shape index (κ1) is 24.5. The zero-order valence-electron chi connectivity index (χ0n) is 20.3. The lowest BCUT2D eigenvalue weighted by molar-refractivity contribution is 0.102. The smallest absolute Gasteiger partial charge is 0.189 e. The molecule has 0 aliphatic carbocycles. The summed E-state index contributed by atoms with van der Waals surface area (Å²) >= 11 is 0. The molecule has 0 spiro atoms. The minimum absolute atomic E-state index is 0.135. The van der Waals surface area contributed by atoms with Crippen LogP contribution in [0.1, 0.15) is 78.2 Å². The van der Waals surface area contributed by atoms with Gasteiger partial charge in [0.2, 0.25) is 0 Å².